The van der Waals surface area contributed by atoms with E-state index in [2.05, 4.69) is 94.1 Å². The van der Waals surface area contributed by atoms with Crippen LogP contribution in [0.4, 0.5) is 5.69 Å². The Labute approximate surface area is 234 Å². The van der Waals surface area contributed by atoms with Gasteiger partial charge in [0.1, 0.15) is 0 Å². The average Bonchev–Trinajstić information content (AvgIpc) is 3.01. The van der Waals surface area contributed by atoms with Crippen molar-refractivity contribution in [2.75, 3.05) is 44.2 Å². The van der Waals surface area contributed by atoms with Gasteiger partial charge in [-0.25, -0.2) is 0 Å². The van der Waals surface area contributed by atoms with E-state index in [1.807, 2.05) is 18.2 Å². The van der Waals surface area contributed by atoms with Crippen molar-refractivity contribution in [3.05, 3.63) is 114 Å². The molecule has 4 nitrogen and oxygen atoms in total. The zero-order valence-electron chi connectivity index (χ0n) is 23.3. The predicted octanol–water partition coefficient (Wildman–Crippen LogP) is 6.99. The number of benzene rings is 3. The topological polar surface area (TPSA) is 26.8 Å². The van der Waals surface area contributed by atoms with Crippen molar-refractivity contribution >= 4 is 11.6 Å². The molecular formula is C35H43N3O. The number of anilines is 1. The van der Waals surface area contributed by atoms with Crippen LogP contribution in [0, 0.1) is 0 Å². The van der Waals surface area contributed by atoms with Crippen LogP contribution in [0.15, 0.2) is 97.6 Å². The minimum absolute atomic E-state index is 0.148. The molecule has 1 aliphatic heterocycles. The van der Waals surface area contributed by atoms with E-state index in [0.29, 0.717) is 18.5 Å². The Morgan fingerprint density at radius 2 is 1.49 bits per heavy atom. The van der Waals surface area contributed by atoms with E-state index in [1.54, 1.807) is 0 Å². The summed E-state index contributed by atoms with van der Waals surface area (Å²) in [5.74, 6) is 0.561. The van der Waals surface area contributed by atoms with Crippen LogP contribution in [0.2, 0.25) is 0 Å². The largest absolute Gasteiger partial charge is 0.369 e. The first-order valence-corrected chi connectivity index (χ1v) is 14.8. The van der Waals surface area contributed by atoms with Crippen LogP contribution in [-0.4, -0.2) is 61.0 Å². The van der Waals surface area contributed by atoms with Crippen molar-refractivity contribution in [1.82, 2.24) is 9.80 Å². The molecule has 1 saturated carbocycles. The van der Waals surface area contributed by atoms with Crippen molar-refractivity contribution in [2.24, 2.45) is 0 Å². The number of nitrogens with zero attached hydrogens (tertiary/aromatic N) is 3. The summed E-state index contributed by atoms with van der Waals surface area (Å²) < 4.78 is 0. The third-order valence-electron chi connectivity index (χ3n) is 8.57. The fourth-order valence-corrected chi connectivity index (χ4v) is 6.37. The summed E-state index contributed by atoms with van der Waals surface area (Å²) >= 11 is 0. The van der Waals surface area contributed by atoms with Gasteiger partial charge in [-0.15, -0.1) is 6.58 Å². The van der Waals surface area contributed by atoms with E-state index in [-0.39, 0.29) is 5.91 Å². The summed E-state index contributed by atoms with van der Waals surface area (Å²) in [6.07, 6.45) is 8.91. The minimum atomic E-state index is 0.148. The lowest BCUT2D eigenvalue weighted by Crippen LogP contribution is -2.47. The van der Waals surface area contributed by atoms with Crippen LogP contribution in [0.3, 0.4) is 0 Å². The molecule has 4 heteroatoms. The standard InChI is InChI=1S/C35H43N3O/c1-2-22-38(32-18-10-5-11-19-32)35(39)31-17-12-20-33(28-31)37-26-24-36(25-27-37)23-21-34(29-13-6-3-7-14-29)30-15-8-4-9-16-30/h2-4,6-9,12-17,20,28,32,34H,1,5,10-11,18-19,21-27H2. The second kappa shape index (κ2) is 13.6. The molecule has 0 atom stereocenters. The predicted molar refractivity (Wildman–Crippen MR) is 163 cm³/mol. The highest BCUT2D eigenvalue weighted by atomic mass is 16.2. The molecule has 3 aromatic rings. The molecule has 0 N–H and O–H groups in total. The lowest BCUT2D eigenvalue weighted by molar-refractivity contribution is 0.0663. The van der Waals surface area contributed by atoms with E-state index < -0.39 is 0 Å². The first-order chi connectivity index (χ1) is 19.2. The number of amides is 1. The second-order valence-corrected chi connectivity index (χ2v) is 11.1. The number of carbonyl (C=O) groups excluding carboxylic acids is 1. The first-order valence-electron chi connectivity index (χ1n) is 14.8. The van der Waals surface area contributed by atoms with Gasteiger partial charge < -0.3 is 9.80 Å². The Balaban J connectivity index is 1.19. The number of carbonyl (C=O) groups is 1. The molecule has 2 aliphatic rings. The quantitative estimate of drug-likeness (QED) is 0.269. The third-order valence-corrected chi connectivity index (χ3v) is 8.57. The summed E-state index contributed by atoms with van der Waals surface area (Å²) in [4.78, 5) is 20.6. The van der Waals surface area contributed by atoms with Gasteiger partial charge in [-0.05, 0) is 55.1 Å². The van der Waals surface area contributed by atoms with Gasteiger partial charge in [-0.2, -0.15) is 0 Å². The summed E-state index contributed by atoms with van der Waals surface area (Å²) in [7, 11) is 0. The monoisotopic (exact) mass is 521 g/mol. The van der Waals surface area contributed by atoms with Gasteiger partial charge in [0.05, 0.1) is 0 Å². The number of hydrogen-bond acceptors (Lipinski definition) is 3. The SMILES string of the molecule is C=CCN(C(=O)c1cccc(N2CCN(CCC(c3ccccc3)c3ccccc3)CC2)c1)C1CCCCC1. The lowest BCUT2D eigenvalue weighted by Gasteiger charge is -2.37. The van der Waals surface area contributed by atoms with Crippen LogP contribution in [-0.2, 0) is 0 Å². The first kappa shape index (κ1) is 27.2. The van der Waals surface area contributed by atoms with Crippen molar-refractivity contribution in [1.29, 1.82) is 0 Å². The summed E-state index contributed by atoms with van der Waals surface area (Å²) in [5, 5.41) is 0. The van der Waals surface area contributed by atoms with E-state index in [4.69, 9.17) is 0 Å². The Morgan fingerprint density at radius 3 is 2.10 bits per heavy atom. The van der Waals surface area contributed by atoms with Crippen LogP contribution in [0.1, 0.15) is 65.9 Å². The molecule has 1 saturated heterocycles. The van der Waals surface area contributed by atoms with E-state index >= 15 is 0 Å². The van der Waals surface area contributed by atoms with Crippen molar-refractivity contribution in [3.63, 3.8) is 0 Å². The fraction of sp³-hybridized carbons (Fsp3) is 0.400. The Hall–Kier alpha value is -3.37. The van der Waals surface area contributed by atoms with Gasteiger partial charge in [0.25, 0.3) is 5.91 Å². The maximum Gasteiger partial charge on any atom is 0.254 e. The second-order valence-electron chi connectivity index (χ2n) is 11.1. The zero-order chi connectivity index (χ0) is 26.9. The molecule has 0 unspecified atom stereocenters. The van der Waals surface area contributed by atoms with E-state index in [9.17, 15) is 4.79 Å². The molecule has 0 aromatic heterocycles. The van der Waals surface area contributed by atoms with Crippen molar-refractivity contribution in [2.45, 2.75) is 50.5 Å². The molecule has 1 aliphatic carbocycles. The molecule has 2 fully saturated rings. The van der Waals surface area contributed by atoms with Crippen molar-refractivity contribution in [3.8, 4) is 0 Å². The van der Waals surface area contributed by atoms with Crippen molar-refractivity contribution < 1.29 is 4.79 Å². The third kappa shape index (κ3) is 6.99. The number of rotatable bonds is 10. The molecule has 0 bridgehead atoms. The van der Waals surface area contributed by atoms with E-state index in [0.717, 1.165) is 63.2 Å². The maximum absolute atomic E-state index is 13.6. The van der Waals surface area contributed by atoms with Gasteiger partial charge in [0, 0.05) is 55.9 Å². The van der Waals surface area contributed by atoms with Crippen LogP contribution in [0.5, 0.6) is 0 Å². The van der Waals surface area contributed by atoms with Gasteiger partial charge in [-0.1, -0.05) is 92.1 Å². The number of piperazine rings is 1. The lowest BCUT2D eigenvalue weighted by atomic mass is 9.88. The summed E-state index contributed by atoms with van der Waals surface area (Å²) in [6, 6.07) is 30.5. The highest BCUT2D eigenvalue weighted by molar-refractivity contribution is 5.95. The van der Waals surface area contributed by atoms with Crippen LogP contribution < -0.4 is 4.90 Å². The van der Waals surface area contributed by atoms with Gasteiger partial charge in [0.2, 0.25) is 0 Å². The van der Waals surface area contributed by atoms with Gasteiger partial charge in [-0.3, -0.25) is 9.69 Å². The Morgan fingerprint density at radius 1 is 0.846 bits per heavy atom. The molecule has 5 rings (SSSR count). The molecule has 1 amide bonds. The summed E-state index contributed by atoms with van der Waals surface area (Å²) in [6.45, 7) is 9.68. The van der Waals surface area contributed by atoms with Crippen LogP contribution in [0.25, 0.3) is 0 Å². The van der Waals surface area contributed by atoms with Gasteiger partial charge >= 0.3 is 0 Å². The molecule has 0 spiro atoms. The highest BCUT2D eigenvalue weighted by Crippen LogP contribution is 2.29. The molecule has 1 heterocycles. The van der Waals surface area contributed by atoms with Gasteiger partial charge in [0.15, 0.2) is 0 Å². The molecule has 3 aromatic carbocycles. The highest BCUT2D eigenvalue weighted by Gasteiger charge is 2.26. The maximum atomic E-state index is 13.6. The fourth-order valence-electron chi connectivity index (χ4n) is 6.37. The molecule has 39 heavy (non-hydrogen) atoms. The van der Waals surface area contributed by atoms with E-state index in [1.165, 1.54) is 30.4 Å². The summed E-state index contributed by atoms with van der Waals surface area (Å²) in [5.41, 5.74) is 4.75. The Kier molecular flexibility index (Phi) is 9.50. The average molecular weight is 522 g/mol. The Bertz CT molecular complexity index is 1140. The molecule has 0 radical (unpaired) electrons. The smallest absolute Gasteiger partial charge is 0.254 e. The minimum Gasteiger partial charge on any atom is -0.369 e. The molecule has 204 valence electrons. The van der Waals surface area contributed by atoms with Crippen LogP contribution >= 0.6 is 0 Å². The normalized spacial score (nSPS) is 16.8. The number of hydrogen-bond donors (Lipinski definition) is 0. The zero-order valence-corrected chi connectivity index (χ0v) is 23.3. The molecular weight excluding hydrogens is 478 g/mol.